The summed E-state index contributed by atoms with van der Waals surface area (Å²) in [7, 11) is 1.19. The van der Waals surface area contributed by atoms with Crippen LogP contribution in [0.1, 0.15) is 5.56 Å². The number of benzene rings is 1. The number of hydrogen-bond donors (Lipinski definition) is 0. The first-order valence-corrected chi connectivity index (χ1v) is 9.82. The lowest BCUT2D eigenvalue weighted by Gasteiger charge is -2.19. The van der Waals surface area contributed by atoms with Crippen LogP contribution < -0.4 is 10.3 Å². The summed E-state index contributed by atoms with van der Waals surface area (Å²) in [6.45, 7) is 4.93. The highest BCUT2D eigenvalue weighted by Crippen LogP contribution is 2.14. The SMILES string of the molecule is C=CCOc1ccc(CN(C)Cn2cc(S(=O)(=O)N(C)C)ccc2=O)cc1. The molecule has 0 bridgehead atoms. The van der Waals surface area contributed by atoms with Gasteiger partial charge in [-0.05, 0) is 30.8 Å². The number of sulfonamides is 1. The summed E-state index contributed by atoms with van der Waals surface area (Å²) in [5.41, 5.74) is 0.793. The Labute approximate surface area is 160 Å². The van der Waals surface area contributed by atoms with Crippen LogP contribution in [0.4, 0.5) is 0 Å². The zero-order valence-electron chi connectivity index (χ0n) is 15.8. The molecular weight excluding hydrogens is 366 g/mol. The van der Waals surface area contributed by atoms with Crippen LogP contribution in [0.2, 0.25) is 0 Å². The second-order valence-corrected chi connectivity index (χ2v) is 8.51. The van der Waals surface area contributed by atoms with Crippen molar-refractivity contribution in [3.63, 3.8) is 0 Å². The van der Waals surface area contributed by atoms with Gasteiger partial charge in [0.05, 0.1) is 11.6 Å². The smallest absolute Gasteiger partial charge is 0.251 e. The summed E-state index contributed by atoms with van der Waals surface area (Å²) in [6.07, 6.45) is 3.06. The average Bonchev–Trinajstić information content (AvgIpc) is 2.62. The van der Waals surface area contributed by atoms with Crippen molar-refractivity contribution in [3.05, 3.63) is 71.2 Å². The van der Waals surface area contributed by atoms with Crippen LogP contribution in [-0.2, 0) is 23.2 Å². The van der Waals surface area contributed by atoms with Gasteiger partial charge < -0.3 is 9.30 Å². The van der Waals surface area contributed by atoms with Gasteiger partial charge in [0, 0.05) is 32.9 Å². The molecule has 1 heterocycles. The molecule has 0 amide bonds. The van der Waals surface area contributed by atoms with Crippen LogP contribution in [0.5, 0.6) is 5.75 Å². The zero-order chi connectivity index (χ0) is 20.0. The fourth-order valence-electron chi connectivity index (χ4n) is 2.45. The van der Waals surface area contributed by atoms with Gasteiger partial charge in [-0.15, -0.1) is 0 Å². The number of aromatic nitrogens is 1. The maximum Gasteiger partial charge on any atom is 0.251 e. The third-order valence-electron chi connectivity index (χ3n) is 3.87. The maximum atomic E-state index is 12.3. The van der Waals surface area contributed by atoms with E-state index in [1.807, 2.05) is 36.2 Å². The number of ether oxygens (including phenoxy) is 1. The normalized spacial score (nSPS) is 11.7. The minimum Gasteiger partial charge on any atom is -0.490 e. The molecule has 0 fully saturated rings. The van der Waals surface area contributed by atoms with E-state index in [9.17, 15) is 13.2 Å². The molecule has 8 heteroatoms. The van der Waals surface area contributed by atoms with Gasteiger partial charge in [-0.2, -0.15) is 0 Å². The molecule has 7 nitrogen and oxygen atoms in total. The van der Waals surface area contributed by atoms with Gasteiger partial charge in [0.15, 0.2) is 0 Å². The van der Waals surface area contributed by atoms with Crippen LogP contribution in [0.3, 0.4) is 0 Å². The number of pyridine rings is 1. The first-order chi connectivity index (χ1) is 12.7. The molecule has 2 aromatic rings. The van der Waals surface area contributed by atoms with E-state index in [1.165, 1.54) is 37.0 Å². The van der Waals surface area contributed by atoms with Crippen LogP contribution in [0.25, 0.3) is 0 Å². The lowest BCUT2D eigenvalue weighted by molar-refractivity contribution is 0.255. The molecule has 0 aliphatic carbocycles. The molecule has 2 rings (SSSR count). The molecule has 0 aliphatic heterocycles. The Hall–Kier alpha value is -2.42. The van der Waals surface area contributed by atoms with Crippen LogP contribution in [-0.4, -0.2) is 49.9 Å². The fraction of sp³-hybridized carbons (Fsp3) is 0.316. The number of nitrogens with zero attached hydrogens (tertiary/aromatic N) is 3. The third-order valence-corrected chi connectivity index (χ3v) is 5.67. The summed E-state index contributed by atoms with van der Waals surface area (Å²) >= 11 is 0. The Bertz CT molecular complexity index is 934. The first-order valence-electron chi connectivity index (χ1n) is 8.38. The lowest BCUT2D eigenvalue weighted by atomic mass is 10.2. The van der Waals surface area contributed by atoms with E-state index in [2.05, 4.69) is 6.58 Å². The van der Waals surface area contributed by atoms with Gasteiger partial charge in [0.1, 0.15) is 12.4 Å². The number of hydrogen-bond acceptors (Lipinski definition) is 5. The molecule has 27 heavy (non-hydrogen) atoms. The van der Waals surface area contributed by atoms with Crippen molar-refractivity contribution in [2.75, 3.05) is 27.7 Å². The first kappa shape index (κ1) is 20.9. The highest BCUT2D eigenvalue weighted by atomic mass is 32.2. The van der Waals surface area contributed by atoms with E-state index in [1.54, 1.807) is 6.08 Å². The summed E-state index contributed by atoms with van der Waals surface area (Å²) in [6, 6.07) is 10.3. The Morgan fingerprint density at radius 3 is 2.37 bits per heavy atom. The van der Waals surface area contributed by atoms with E-state index >= 15 is 0 Å². The Morgan fingerprint density at radius 1 is 1.11 bits per heavy atom. The van der Waals surface area contributed by atoms with Crippen molar-refractivity contribution in [2.24, 2.45) is 0 Å². The van der Waals surface area contributed by atoms with Gasteiger partial charge >= 0.3 is 0 Å². The molecule has 0 saturated carbocycles. The van der Waals surface area contributed by atoms with E-state index < -0.39 is 10.0 Å². The standard InChI is InChI=1S/C19H25N3O4S/c1-5-12-26-17-8-6-16(7-9-17)13-21(4)15-22-14-18(10-11-19(22)23)27(24,25)20(2)3/h5-11,14H,1,12-13,15H2,2-4H3. The molecule has 0 aliphatic rings. The van der Waals surface area contributed by atoms with Gasteiger partial charge in [-0.3, -0.25) is 9.69 Å². The van der Waals surface area contributed by atoms with Crippen LogP contribution >= 0.6 is 0 Å². The van der Waals surface area contributed by atoms with Gasteiger partial charge in [-0.25, -0.2) is 12.7 Å². The molecule has 146 valence electrons. The molecule has 1 aromatic heterocycles. The summed E-state index contributed by atoms with van der Waals surface area (Å²) < 4.78 is 32.5. The Balaban J connectivity index is 2.10. The number of rotatable bonds is 9. The van der Waals surface area contributed by atoms with Crippen molar-refractivity contribution in [3.8, 4) is 5.75 Å². The quantitative estimate of drug-likeness (QED) is 0.609. The van der Waals surface area contributed by atoms with Crippen molar-refractivity contribution in [1.82, 2.24) is 13.8 Å². The van der Waals surface area contributed by atoms with Gasteiger partial charge in [-0.1, -0.05) is 24.8 Å². The largest absolute Gasteiger partial charge is 0.490 e. The molecule has 0 spiro atoms. The predicted molar refractivity (Wildman–Crippen MR) is 105 cm³/mol. The molecule has 1 aromatic carbocycles. The molecule has 0 N–H and O–H groups in total. The van der Waals surface area contributed by atoms with Crippen LogP contribution in [0, 0.1) is 0 Å². The fourth-order valence-corrected chi connectivity index (χ4v) is 3.37. The minimum atomic E-state index is -3.59. The Kier molecular flexibility index (Phi) is 6.95. The van der Waals surface area contributed by atoms with E-state index in [4.69, 9.17) is 4.74 Å². The average molecular weight is 391 g/mol. The molecule has 0 atom stereocenters. The minimum absolute atomic E-state index is 0.0872. The van der Waals surface area contributed by atoms with E-state index in [0.29, 0.717) is 13.2 Å². The summed E-state index contributed by atoms with van der Waals surface area (Å²) in [5, 5.41) is 0. The third kappa shape index (κ3) is 5.53. The van der Waals surface area contributed by atoms with Crippen LogP contribution in [0.15, 0.2) is 64.9 Å². The second-order valence-electron chi connectivity index (χ2n) is 6.36. The summed E-state index contributed by atoms with van der Waals surface area (Å²) in [5.74, 6) is 0.763. The zero-order valence-corrected chi connectivity index (χ0v) is 16.6. The predicted octanol–water partition coefficient (Wildman–Crippen LogP) is 1.75. The van der Waals surface area contributed by atoms with Crippen molar-refractivity contribution < 1.29 is 13.2 Å². The van der Waals surface area contributed by atoms with Gasteiger partial charge in [0.2, 0.25) is 10.0 Å². The highest BCUT2D eigenvalue weighted by Gasteiger charge is 2.18. The summed E-state index contributed by atoms with van der Waals surface area (Å²) in [4.78, 5) is 14.1. The molecule has 0 unspecified atom stereocenters. The van der Waals surface area contributed by atoms with Crippen molar-refractivity contribution >= 4 is 10.0 Å². The van der Waals surface area contributed by atoms with Crippen molar-refractivity contribution in [2.45, 2.75) is 18.1 Å². The maximum absolute atomic E-state index is 12.3. The molecular formula is C19H25N3O4S. The highest BCUT2D eigenvalue weighted by molar-refractivity contribution is 7.89. The van der Waals surface area contributed by atoms with E-state index in [0.717, 1.165) is 15.6 Å². The lowest BCUT2D eigenvalue weighted by Crippen LogP contribution is -2.30. The van der Waals surface area contributed by atoms with E-state index in [-0.39, 0.29) is 17.1 Å². The molecule has 0 saturated heterocycles. The second kappa shape index (κ2) is 8.98. The topological polar surface area (TPSA) is 71.8 Å². The van der Waals surface area contributed by atoms with Crippen molar-refractivity contribution in [1.29, 1.82) is 0 Å². The van der Waals surface area contributed by atoms with Gasteiger partial charge in [0.25, 0.3) is 5.56 Å². The monoisotopic (exact) mass is 391 g/mol. The molecule has 0 radical (unpaired) electrons. The Morgan fingerprint density at radius 2 is 1.78 bits per heavy atom.